The Kier molecular flexibility index (Phi) is 6.42. The summed E-state index contributed by atoms with van der Waals surface area (Å²) in [5.41, 5.74) is 0.915. The van der Waals surface area contributed by atoms with Crippen molar-refractivity contribution in [2.24, 2.45) is 0 Å². The zero-order valence-electron chi connectivity index (χ0n) is 11.9. The molecule has 1 rings (SSSR count). The summed E-state index contributed by atoms with van der Waals surface area (Å²) < 4.78 is 11.1. The van der Waals surface area contributed by atoms with Gasteiger partial charge in [-0.1, -0.05) is 11.6 Å². The molecule has 0 spiro atoms. The van der Waals surface area contributed by atoms with E-state index in [1.807, 2.05) is 19.9 Å². The molecule has 1 aromatic carbocycles. The molecule has 0 saturated heterocycles. The van der Waals surface area contributed by atoms with Crippen molar-refractivity contribution < 1.29 is 14.6 Å². The largest absolute Gasteiger partial charge is 0.493 e. The number of rotatable bonds is 7. The highest BCUT2D eigenvalue weighted by molar-refractivity contribution is 6.30. The lowest BCUT2D eigenvalue weighted by Gasteiger charge is -2.18. The normalized spacial score (nSPS) is 12.6. The summed E-state index contributed by atoms with van der Waals surface area (Å²) >= 11 is 6.07. The summed E-state index contributed by atoms with van der Waals surface area (Å²) in [6, 6.07) is 3.58. The molecule has 0 aromatic heterocycles. The number of methoxy groups -OCH3 is 1. The molecule has 2 N–H and O–H groups in total. The van der Waals surface area contributed by atoms with Gasteiger partial charge in [-0.15, -0.1) is 0 Å². The van der Waals surface area contributed by atoms with Crippen molar-refractivity contribution in [3.8, 4) is 11.5 Å². The van der Waals surface area contributed by atoms with Crippen molar-refractivity contribution in [2.45, 2.75) is 39.5 Å². The van der Waals surface area contributed by atoms with Crippen LogP contribution in [0.4, 0.5) is 0 Å². The topological polar surface area (TPSA) is 50.7 Å². The molecular formula is C14H22ClNO3. The van der Waals surface area contributed by atoms with Crippen LogP contribution in [0.25, 0.3) is 0 Å². The lowest BCUT2D eigenvalue weighted by molar-refractivity contribution is 0.190. The maximum Gasteiger partial charge on any atom is 0.166 e. The summed E-state index contributed by atoms with van der Waals surface area (Å²) in [6.07, 6.45) is -0.346. The Morgan fingerprint density at radius 3 is 2.53 bits per heavy atom. The number of ether oxygens (including phenoxy) is 2. The smallest absolute Gasteiger partial charge is 0.166 e. The Hall–Kier alpha value is -0.970. The van der Waals surface area contributed by atoms with Gasteiger partial charge in [-0.25, -0.2) is 0 Å². The average Bonchev–Trinajstić information content (AvgIpc) is 2.31. The highest BCUT2D eigenvalue weighted by Crippen LogP contribution is 2.35. The van der Waals surface area contributed by atoms with Gasteiger partial charge in [-0.2, -0.15) is 0 Å². The van der Waals surface area contributed by atoms with Gasteiger partial charge in [0, 0.05) is 29.7 Å². The molecule has 5 heteroatoms. The second-order valence-electron chi connectivity index (χ2n) is 4.74. The number of hydrogen-bond donors (Lipinski definition) is 2. The lowest BCUT2D eigenvalue weighted by Crippen LogP contribution is -2.24. The van der Waals surface area contributed by atoms with Crippen molar-refractivity contribution in [2.75, 3.05) is 13.7 Å². The van der Waals surface area contributed by atoms with Gasteiger partial charge in [0.1, 0.15) is 0 Å². The van der Waals surface area contributed by atoms with E-state index in [2.05, 4.69) is 5.32 Å². The first kappa shape index (κ1) is 16.1. The quantitative estimate of drug-likeness (QED) is 0.809. The van der Waals surface area contributed by atoms with E-state index < -0.39 is 6.10 Å². The molecule has 108 valence electrons. The molecule has 19 heavy (non-hydrogen) atoms. The number of aliphatic hydroxyl groups excluding tert-OH is 1. The molecule has 0 fully saturated rings. The number of benzene rings is 1. The van der Waals surface area contributed by atoms with Crippen LogP contribution >= 0.6 is 11.6 Å². The van der Waals surface area contributed by atoms with E-state index in [1.165, 1.54) is 0 Å². The van der Waals surface area contributed by atoms with Crippen molar-refractivity contribution in [3.05, 3.63) is 22.7 Å². The SMILES string of the molecule is COc1cc(Cl)cc(CNC[C@H](C)O)c1OC(C)C. The second kappa shape index (κ2) is 7.58. The van der Waals surface area contributed by atoms with Crippen LogP contribution < -0.4 is 14.8 Å². The van der Waals surface area contributed by atoms with Crippen LogP contribution in [0, 0.1) is 0 Å². The predicted octanol–water partition coefficient (Wildman–Crippen LogP) is 2.61. The molecule has 0 saturated carbocycles. The molecule has 0 aliphatic heterocycles. The van der Waals surface area contributed by atoms with E-state index >= 15 is 0 Å². The minimum absolute atomic E-state index is 0.0468. The fraction of sp³-hybridized carbons (Fsp3) is 0.571. The van der Waals surface area contributed by atoms with E-state index in [9.17, 15) is 5.11 Å². The Labute approximate surface area is 119 Å². The molecule has 0 unspecified atom stereocenters. The molecule has 1 atom stereocenters. The molecule has 0 aliphatic carbocycles. The summed E-state index contributed by atoms with van der Waals surface area (Å²) in [4.78, 5) is 0. The molecule has 0 aliphatic rings. The van der Waals surface area contributed by atoms with Gasteiger partial charge in [-0.05, 0) is 26.8 Å². The fourth-order valence-corrected chi connectivity index (χ4v) is 1.92. The van der Waals surface area contributed by atoms with Crippen molar-refractivity contribution in [1.29, 1.82) is 0 Å². The summed E-state index contributed by atoms with van der Waals surface area (Å²) in [5.74, 6) is 1.31. The third-order valence-corrected chi connectivity index (χ3v) is 2.64. The van der Waals surface area contributed by atoms with Gasteiger partial charge in [-0.3, -0.25) is 0 Å². The summed E-state index contributed by atoms with van der Waals surface area (Å²) in [7, 11) is 1.59. The Balaban J connectivity index is 2.94. The van der Waals surface area contributed by atoms with E-state index in [1.54, 1.807) is 20.1 Å². The first-order chi connectivity index (χ1) is 8.93. The molecular weight excluding hydrogens is 266 g/mol. The van der Waals surface area contributed by atoms with Crippen LogP contribution in [-0.2, 0) is 6.54 Å². The second-order valence-corrected chi connectivity index (χ2v) is 5.18. The summed E-state index contributed by atoms with van der Waals surface area (Å²) in [6.45, 7) is 6.72. The first-order valence-electron chi connectivity index (χ1n) is 6.36. The van der Waals surface area contributed by atoms with Crippen molar-refractivity contribution in [3.63, 3.8) is 0 Å². The van der Waals surface area contributed by atoms with E-state index in [0.29, 0.717) is 29.6 Å². The molecule has 0 radical (unpaired) electrons. The molecule has 4 nitrogen and oxygen atoms in total. The first-order valence-corrected chi connectivity index (χ1v) is 6.73. The van der Waals surface area contributed by atoms with E-state index in [4.69, 9.17) is 21.1 Å². The van der Waals surface area contributed by atoms with Gasteiger partial charge in [0.05, 0.1) is 19.3 Å². The summed E-state index contributed by atoms with van der Waals surface area (Å²) in [5, 5.41) is 13.0. The number of halogens is 1. The van der Waals surface area contributed by atoms with Crippen LogP contribution in [0.1, 0.15) is 26.3 Å². The van der Waals surface area contributed by atoms with Gasteiger partial charge >= 0.3 is 0 Å². The zero-order chi connectivity index (χ0) is 14.4. The molecule has 0 amide bonds. The van der Waals surface area contributed by atoms with Crippen LogP contribution in [0.15, 0.2) is 12.1 Å². The van der Waals surface area contributed by atoms with Gasteiger partial charge in [0.15, 0.2) is 11.5 Å². The molecule has 1 aromatic rings. The van der Waals surface area contributed by atoms with Crippen LogP contribution in [-0.4, -0.2) is 31.0 Å². The van der Waals surface area contributed by atoms with Crippen LogP contribution in [0.2, 0.25) is 5.02 Å². The van der Waals surface area contributed by atoms with Crippen molar-refractivity contribution >= 4 is 11.6 Å². The monoisotopic (exact) mass is 287 g/mol. The highest BCUT2D eigenvalue weighted by atomic mass is 35.5. The Morgan fingerprint density at radius 1 is 1.32 bits per heavy atom. The Bertz CT molecular complexity index is 408. The third kappa shape index (κ3) is 5.27. The molecule has 0 heterocycles. The maximum absolute atomic E-state index is 9.26. The van der Waals surface area contributed by atoms with E-state index in [0.717, 1.165) is 5.56 Å². The Morgan fingerprint density at radius 2 is 2.00 bits per heavy atom. The maximum atomic E-state index is 9.26. The average molecular weight is 288 g/mol. The number of aliphatic hydroxyl groups is 1. The lowest BCUT2D eigenvalue weighted by atomic mass is 10.1. The van der Waals surface area contributed by atoms with Crippen LogP contribution in [0.5, 0.6) is 11.5 Å². The van der Waals surface area contributed by atoms with Crippen molar-refractivity contribution in [1.82, 2.24) is 5.32 Å². The van der Waals surface area contributed by atoms with E-state index in [-0.39, 0.29) is 6.10 Å². The van der Waals surface area contributed by atoms with Gasteiger partial charge in [0.25, 0.3) is 0 Å². The third-order valence-electron chi connectivity index (χ3n) is 2.43. The van der Waals surface area contributed by atoms with Gasteiger partial charge in [0.2, 0.25) is 0 Å². The number of nitrogens with one attached hydrogen (secondary N) is 1. The highest BCUT2D eigenvalue weighted by Gasteiger charge is 2.14. The predicted molar refractivity (Wildman–Crippen MR) is 77.2 cm³/mol. The minimum Gasteiger partial charge on any atom is -0.493 e. The van der Waals surface area contributed by atoms with Crippen LogP contribution in [0.3, 0.4) is 0 Å². The number of hydrogen-bond acceptors (Lipinski definition) is 4. The minimum atomic E-state index is -0.393. The fourth-order valence-electron chi connectivity index (χ4n) is 1.69. The standard InChI is InChI=1S/C14H22ClNO3/c1-9(2)19-14-11(8-16-7-10(3)17)5-12(15)6-13(14)18-4/h5-6,9-10,16-17H,7-8H2,1-4H3/t10-/m0/s1. The molecule has 0 bridgehead atoms. The zero-order valence-corrected chi connectivity index (χ0v) is 12.6. The van der Waals surface area contributed by atoms with Gasteiger partial charge < -0.3 is 19.9 Å².